The van der Waals surface area contributed by atoms with Gasteiger partial charge in [-0.3, -0.25) is 0 Å². The molecule has 0 fully saturated rings. The molecule has 0 aliphatic carbocycles. The van der Waals surface area contributed by atoms with Crippen LogP contribution in [0.15, 0.2) is 224 Å². The van der Waals surface area contributed by atoms with E-state index in [0.29, 0.717) is 17.5 Å². The Hall–Kier alpha value is -9.19. The molecule has 0 radical (unpaired) electrons. The molecule has 0 bridgehead atoms. The minimum atomic E-state index is 0.601. The number of para-hydroxylation sites is 3. The smallest absolute Gasteiger partial charge is 0.164 e. The highest BCUT2D eigenvalue weighted by atomic mass is 15.0. The molecule has 0 spiro atoms. The fraction of sp³-hybridized carbons (Fsp3) is 0.0597. The first-order chi connectivity index (χ1) is 35.3. The lowest BCUT2D eigenvalue weighted by molar-refractivity contribution is 1.07. The molecular weight excluding hydrogens is 875 g/mol. The highest BCUT2D eigenvalue weighted by Crippen LogP contribution is 2.43. The number of hydrogen-bond acceptors (Lipinski definition) is 3. The molecular formula is C67H49N5. The minimum Gasteiger partial charge on any atom is -0.309 e. The summed E-state index contributed by atoms with van der Waals surface area (Å²) in [5.74, 6) is 1.85. The van der Waals surface area contributed by atoms with Crippen molar-refractivity contribution in [2.24, 2.45) is 0 Å². The Labute approximate surface area is 419 Å². The number of aromatic nitrogens is 5. The summed E-state index contributed by atoms with van der Waals surface area (Å²) in [7, 11) is 0. The van der Waals surface area contributed by atoms with E-state index in [1.165, 1.54) is 66.1 Å². The first kappa shape index (κ1) is 42.9. The zero-order valence-corrected chi connectivity index (χ0v) is 40.6. The van der Waals surface area contributed by atoms with E-state index in [-0.39, 0.29) is 0 Å². The number of benzene rings is 10. The van der Waals surface area contributed by atoms with Crippen LogP contribution in [0.4, 0.5) is 0 Å². The van der Waals surface area contributed by atoms with Gasteiger partial charge in [0.15, 0.2) is 17.5 Å². The molecule has 342 valence electrons. The van der Waals surface area contributed by atoms with Crippen LogP contribution >= 0.6 is 0 Å². The molecule has 0 atom stereocenters. The summed E-state index contributed by atoms with van der Waals surface area (Å²) in [4.78, 5) is 15.5. The third kappa shape index (κ3) is 7.46. The third-order valence-electron chi connectivity index (χ3n) is 14.1. The van der Waals surface area contributed by atoms with Crippen molar-refractivity contribution in [3.05, 3.63) is 247 Å². The number of fused-ring (bicyclic) bond motifs is 6. The lowest BCUT2D eigenvalue weighted by Gasteiger charge is -2.20. The monoisotopic (exact) mass is 923 g/mol. The van der Waals surface area contributed by atoms with Crippen LogP contribution in [0.5, 0.6) is 0 Å². The van der Waals surface area contributed by atoms with Crippen molar-refractivity contribution in [1.82, 2.24) is 24.1 Å². The molecule has 72 heavy (non-hydrogen) atoms. The van der Waals surface area contributed by atoms with E-state index >= 15 is 0 Å². The van der Waals surface area contributed by atoms with Crippen LogP contribution in [-0.2, 0) is 0 Å². The van der Waals surface area contributed by atoms with Gasteiger partial charge in [-0.1, -0.05) is 186 Å². The maximum absolute atomic E-state index is 5.24. The van der Waals surface area contributed by atoms with E-state index in [9.17, 15) is 0 Å². The fourth-order valence-corrected chi connectivity index (χ4v) is 11.0. The molecule has 3 heterocycles. The van der Waals surface area contributed by atoms with Crippen LogP contribution in [-0.4, -0.2) is 24.1 Å². The van der Waals surface area contributed by atoms with E-state index in [1.54, 1.807) is 0 Å². The van der Waals surface area contributed by atoms with Crippen molar-refractivity contribution >= 4 is 43.6 Å². The van der Waals surface area contributed by atoms with Gasteiger partial charge in [-0.15, -0.1) is 0 Å². The average Bonchev–Trinajstić information content (AvgIpc) is 3.92. The number of aryl methyl sites for hydroxylation is 4. The normalized spacial score (nSPS) is 11.6. The summed E-state index contributed by atoms with van der Waals surface area (Å²) in [5, 5.41) is 4.81. The predicted octanol–water partition coefficient (Wildman–Crippen LogP) is 17.3. The zero-order chi connectivity index (χ0) is 48.5. The fourth-order valence-electron chi connectivity index (χ4n) is 11.0. The summed E-state index contributed by atoms with van der Waals surface area (Å²) in [5.41, 5.74) is 21.4. The second-order valence-electron chi connectivity index (χ2n) is 19.2. The van der Waals surface area contributed by atoms with Crippen LogP contribution in [0.1, 0.15) is 22.3 Å². The standard InChI is InChI=1S/C67H49N5/c1-42-33-43(2)36-51(35-42)48-27-30-62-56(39-48)53-21-11-14-24-59(53)71(62)60-25-15-13-23-55(60)58-41-50(67-69-65(46-17-7-5-8-18-46)68-66(70-67)47-19-9-6-10-20-47)29-32-64(58)72-61-26-16-12-22-54(61)57-40-49(28-31-63(57)72)52-37-44(3)34-45(4)38-52/h5-41H,1-4H3. The number of rotatable bonds is 8. The quantitative estimate of drug-likeness (QED) is 0.153. The lowest BCUT2D eigenvalue weighted by atomic mass is 9.97. The van der Waals surface area contributed by atoms with Gasteiger partial charge >= 0.3 is 0 Å². The van der Waals surface area contributed by atoms with E-state index in [0.717, 1.165) is 61.3 Å². The van der Waals surface area contributed by atoms with Crippen molar-refractivity contribution in [1.29, 1.82) is 0 Å². The van der Waals surface area contributed by atoms with Crippen LogP contribution in [0.3, 0.4) is 0 Å². The maximum atomic E-state index is 5.24. The van der Waals surface area contributed by atoms with Gasteiger partial charge in [0.05, 0.1) is 33.4 Å². The Kier molecular flexibility index (Phi) is 10.3. The summed E-state index contributed by atoms with van der Waals surface area (Å²) < 4.78 is 4.90. The van der Waals surface area contributed by atoms with Crippen LogP contribution in [0.25, 0.3) is 123 Å². The SMILES string of the molecule is Cc1cc(C)cc(-c2ccc3c(c2)c2ccccc2n3-c2ccccc2-c2cc(-c3nc(-c4ccccc4)nc(-c4ccccc4)n3)ccc2-n2c3ccccc3c3cc(-c4cc(C)cc(C)c4)ccc32)c1. The Balaban J connectivity index is 1.08. The Bertz CT molecular complexity index is 4160. The van der Waals surface area contributed by atoms with Gasteiger partial charge < -0.3 is 9.13 Å². The first-order valence-corrected chi connectivity index (χ1v) is 24.7. The predicted molar refractivity (Wildman–Crippen MR) is 300 cm³/mol. The second kappa shape index (κ2) is 17.3. The molecule has 0 saturated carbocycles. The molecule has 0 N–H and O–H groups in total. The van der Waals surface area contributed by atoms with E-state index in [4.69, 9.17) is 15.0 Å². The van der Waals surface area contributed by atoms with Gasteiger partial charge in [-0.2, -0.15) is 0 Å². The molecule has 0 saturated heterocycles. The highest BCUT2D eigenvalue weighted by molar-refractivity contribution is 6.13. The van der Waals surface area contributed by atoms with Gasteiger partial charge in [0.1, 0.15) is 0 Å². The van der Waals surface area contributed by atoms with Gasteiger partial charge in [0.25, 0.3) is 0 Å². The number of nitrogens with zero attached hydrogens (tertiary/aromatic N) is 5. The third-order valence-corrected chi connectivity index (χ3v) is 14.1. The van der Waals surface area contributed by atoms with Gasteiger partial charge in [0.2, 0.25) is 0 Å². The Morgan fingerprint density at radius 3 is 1.14 bits per heavy atom. The molecule has 0 unspecified atom stereocenters. The summed E-state index contributed by atoms with van der Waals surface area (Å²) in [6.07, 6.45) is 0. The van der Waals surface area contributed by atoms with Crippen LogP contribution in [0.2, 0.25) is 0 Å². The van der Waals surface area contributed by atoms with Crippen molar-refractivity contribution in [3.63, 3.8) is 0 Å². The van der Waals surface area contributed by atoms with Crippen molar-refractivity contribution in [3.8, 4) is 78.9 Å². The van der Waals surface area contributed by atoms with E-state index in [1.807, 2.05) is 36.4 Å². The molecule has 3 aromatic heterocycles. The molecule has 10 aromatic carbocycles. The van der Waals surface area contributed by atoms with Crippen LogP contribution < -0.4 is 0 Å². The van der Waals surface area contributed by atoms with Gasteiger partial charge in [-0.05, 0) is 111 Å². The van der Waals surface area contributed by atoms with Crippen molar-refractivity contribution < 1.29 is 0 Å². The van der Waals surface area contributed by atoms with Gasteiger partial charge in [-0.25, -0.2) is 15.0 Å². The van der Waals surface area contributed by atoms with E-state index in [2.05, 4.69) is 225 Å². The summed E-state index contributed by atoms with van der Waals surface area (Å²) >= 11 is 0. The molecule has 13 aromatic rings. The lowest BCUT2D eigenvalue weighted by Crippen LogP contribution is -2.03. The molecule has 0 aliphatic heterocycles. The minimum absolute atomic E-state index is 0.601. The van der Waals surface area contributed by atoms with Gasteiger partial charge in [0, 0.05) is 49.4 Å². The Morgan fingerprint density at radius 1 is 0.250 bits per heavy atom. The Morgan fingerprint density at radius 2 is 0.639 bits per heavy atom. The molecule has 0 amide bonds. The zero-order valence-electron chi connectivity index (χ0n) is 40.6. The highest BCUT2D eigenvalue weighted by Gasteiger charge is 2.23. The summed E-state index contributed by atoms with van der Waals surface area (Å²) in [6.45, 7) is 8.70. The molecule has 0 aliphatic rings. The topological polar surface area (TPSA) is 48.5 Å². The summed E-state index contributed by atoms with van der Waals surface area (Å²) in [6, 6.07) is 81.1. The average molecular weight is 924 g/mol. The van der Waals surface area contributed by atoms with Crippen molar-refractivity contribution in [2.45, 2.75) is 27.7 Å². The largest absolute Gasteiger partial charge is 0.309 e. The number of hydrogen-bond donors (Lipinski definition) is 0. The molecule has 13 rings (SSSR count). The molecule has 5 nitrogen and oxygen atoms in total. The maximum Gasteiger partial charge on any atom is 0.164 e. The van der Waals surface area contributed by atoms with Crippen molar-refractivity contribution in [2.75, 3.05) is 0 Å². The first-order valence-electron chi connectivity index (χ1n) is 24.7. The van der Waals surface area contributed by atoms with Crippen LogP contribution in [0, 0.1) is 27.7 Å². The van der Waals surface area contributed by atoms with E-state index < -0.39 is 0 Å². The second-order valence-corrected chi connectivity index (χ2v) is 19.2. The molecule has 5 heteroatoms.